The van der Waals surface area contributed by atoms with Crippen molar-refractivity contribution >= 4 is 0 Å². The molecular formula is C8H14O. The van der Waals surface area contributed by atoms with Crippen LogP contribution in [0.2, 0.25) is 0 Å². The molecule has 0 aliphatic rings. The predicted molar refractivity (Wildman–Crippen MR) is 40.2 cm³/mol. The van der Waals surface area contributed by atoms with E-state index in [-0.39, 0.29) is 6.10 Å². The van der Waals surface area contributed by atoms with Crippen LogP contribution in [0.4, 0.5) is 0 Å². The van der Waals surface area contributed by atoms with E-state index in [0.29, 0.717) is 0 Å². The van der Waals surface area contributed by atoms with Gasteiger partial charge in [-0.15, -0.1) is 6.58 Å². The third-order valence-electron chi connectivity index (χ3n) is 1.11. The third-order valence-corrected chi connectivity index (χ3v) is 1.11. The average molecular weight is 126 g/mol. The first-order chi connectivity index (χ1) is 4.31. The largest absolute Gasteiger partial charge is 0.499 e. The van der Waals surface area contributed by atoms with Gasteiger partial charge < -0.3 is 4.74 Å². The summed E-state index contributed by atoms with van der Waals surface area (Å²) >= 11 is 0. The van der Waals surface area contributed by atoms with Crippen molar-refractivity contribution in [1.82, 2.24) is 0 Å². The molecular weight excluding hydrogens is 112 g/mol. The molecule has 0 N–H and O–H groups in total. The summed E-state index contributed by atoms with van der Waals surface area (Å²) in [6.07, 6.45) is 5.68. The van der Waals surface area contributed by atoms with Gasteiger partial charge in [-0.05, 0) is 19.8 Å². The quantitative estimate of drug-likeness (QED) is 0.406. The van der Waals surface area contributed by atoms with Crippen molar-refractivity contribution in [2.75, 3.05) is 0 Å². The second-order valence-electron chi connectivity index (χ2n) is 1.98. The van der Waals surface area contributed by atoms with Gasteiger partial charge in [-0.1, -0.05) is 12.7 Å². The van der Waals surface area contributed by atoms with Crippen molar-refractivity contribution < 1.29 is 4.74 Å². The molecule has 0 bridgehead atoms. The Kier molecular flexibility index (Phi) is 4.98. The molecule has 0 saturated heterocycles. The molecule has 0 amide bonds. The summed E-state index contributed by atoms with van der Waals surface area (Å²) in [4.78, 5) is 0. The van der Waals surface area contributed by atoms with E-state index in [1.165, 1.54) is 6.26 Å². The van der Waals surface area contributed by atoms with E-state index in [2.05, 4.69) is 13.2 Å². The van der Waals surface area contributed by atoms with Gasteiger partial charge in [0.15, 0.2) is 0 Å². The fraction of sp³-hybridized carbons (Fsp3) is 0.500. The van der Waals surface area contributed by atoms with Crippen LogP contribution in [-0.4, -0.2) is 6.10 Å². The van der Waals surface area contributed by atoms with Crippen LogP contribution in [0.3, 0.4) is 0 Å². The average Bonchev–Trinajstić information content (AvgIpc) is 1.85. The lowest BCUT2D eigenvalue weighted by Gasteiger charge is -2.07. The molecule has 0 spiro atoms. The van der Waals surface area contributed by atoms with E-state index in [1.54, 1.807) is 0 Å². The standard InChI is InChI=1S/C8H14O/c1-4-6-7-8(3)9-5-2/h4-5,8H,1-2,6-7H2,3H3. The summed E-state index contributed by atoms with van der Waals surface area (Å²) in [5.41, 5.74) is 0. The SMILES string of the molecule is C=CCCC(C)OC=C. The molecule has 1 atom stereocenters. The molecule has 9 heavy (non-hydrogen) atoms. The fourth-order valence-corrected chi connectivity index (χ4v) is 0.585. The molecule has 0 rings (SSSR count). The van der Waals surface area contributed by atoms with Crippen molar-refractivity contribution in [3.63, 3.8) is 0 Å². The van der Waals surface area contributed by atoms with Gasteiger partial charge in [-0.3, -0.25) is 0 Å². The lowest BCUT2D eigenvalue weighted by atomic mass is 10.2. The molecule has 1 unspecified atom stereocenters. The van der Waals surface area contributed by atoms with Crippen LogP contribution in [0.25, 0.3) is 0 Å². The maximum atomic E-state index is 5.06. The van der Waals surface area contributed by atoms with E-state index in [9.17, 15) is 0 Å². The van der Waals surface area contributed by atoms with Crippen LogP contribution in [0.5, 0.6) is 0 Å². The fourth-order valence-electron chi connectivity index (χ4n) is 0.585. The number of hydrogen-bond acceptors (Lipinski definition) is 1. The Morgan fingerprint density at radius 3 is 2.67 bits per heavy atom. The van der Waals surface area contributed by atoms with E-state index >= 15 is 0 Å². The van der Waals surface area contributed by atoms with Crippen molar-refractivity contribution in [3.8, 4) is 0 Å². The molecule has 1 heteroatoms. The van der Waals surface area contributed by atoms with Gasteiger partial charge >= 0.3 is 0 Å². The first-order valence-corrected chi connectivity index (χ1v) is 3.18. The minimum Gasteiger partial charge on any atom is -0.499 e. The summed E-state index contributed by atoms with van der Waals surface area (Å²) < 4.78 is 5.06. The highest BCUT2D eigenvalue weighted by Crippen LogP contribution is 2.00. The van der Waals surface area contributed by atoms with Gasteiger partial charge in [-0.25, -0.2) is 0 Å². The zero-order valence-corrected chi connectivity index (χ0v) is 5.97. The second-order valence-corrected chi connectivity index (χ2v) is 1.98. The summed E-state index contributed by atoms with van der Waals surface area (Å²) in [7, 11) is 0. The molecule has 0 aromatic rings. The molecule has 0 aliphatic carbocycles. The molecule has 0 saturated carbocycles. The summed E-state index contributed by atoms with van der Waals surface area (Å²) in [6, 6.07) is 0. The van der Waals surface area contributed by atoms with E-state index < -0.39 is 0 Å². The van der Waals surface area contributed by atoms with Crippen LogP contribution < -0.4 is 0 Å². The Balaban J connectivity index is 3.14. The first kappa shape index (κ1) is 8.28. The smallest absolute Gasteiger partial charge is 0.0953 e. The topological polar surface area (TPSA) is 9.23 Å². The Labute approximate surface area is 57.0 Å². The van der Waals surface area contributed by atoms with E-state index in [4.69, 9.17) is 4.74 Å². The molecule has 0 heterocycles. The van der Waals surface area contributed by atoms with Crippen molar-refractivity contribution in [2.45, 2.75) is 25.9 Å². The summed E-state index contributed by atoms with van der Waals surface area (Å²) in [6.45, 7) is 9.09. The Bertz CT molecular complexity index is 86.6. The minimum absolute atomic E-state index is 0.278. The number of rotatable bonds is 5. The maximum Gasteiger partial charge on any atom is 0.0953 e. The van der Waals surface area contributed by atoms with Crippen LogP contribution >= 0.6 is 0 Å². The molecule has 0 aliphatic heterocycles. The highest BCUT2D eigenvalue weighted by atomic mass is 16.5. The number of allylic oxidation sites excluding steroid dienone is 1. The van der Waals surface area contributed by atoms with Crippen LogP contribution in [0.15, 0.2) is 25.5 Å². The summed E-state index contributed by atoms with van der Waals surface area (Å²) in [5, 5.41) is 0. The van der Waals surface area contributed by atoms with E-state index in [1.807, 2.05) is 13.0 Å². The zero-order valence-electron chi connectivity index (χ0n) is 5.97. The zero-order chi connectivity index (χ0) is 7.11. The van der Waals surface area contributed by atoms with Crippen molar-refractivity contribution in [2.24, 2.45) is 0 Å². The second kappa shape index (κ2) is 5.42. The van der Waals surface area contributed by atoms with Gasteiger partial charge in [0.05, 0.1) is 12.4 Å². The van der Waals surface area contributed by atoms with Gasteiger partial charge in [0, 0.05) is 0 Å². The van der Waals surface area contributed by atoms with Crippen LogP contribution in [0, 0.1) is 0 Å². The predicted octanol–water partition coefficient (Wildman–Crippen LogP) is 2.50. The van der Waals surface area contributed by atoms with Gasteiger partial charge in [0.1, 0.15) is 0 Å². The maximum absolute atomic E-state index is 5.06. The molecule has 0 aromatic heterocycles. The first-order valence-electron chi connectivity index (χ1n) is 3.18. The molecule has 0 fully saturated rings. The minimum atomic E-state index is 0.278. The number of hydrogen-bond donors (Lipinski definition) is 0. The highest BCUT2D eigenvalue weighted by molar-refractivity contribution is 4.68. The molecule has 0 aromatic carbocycles. The van der Waals surface area contributed by atoms with Gasteiger partial charge in [-0.2, -0.15) is 0 Å². The normalized spacial score (nSPS) is 12.1. The van der Waals surface area contributed by atoms with Gasteiger partial charge in [0.25, 0.3) is 0 Å². The van der Waals surface area contributed by atoms with Crippen molar-refractivity contribution in [1.29, 1.82) is 0 Å². The van der Waals surface area contributed by atoms with E-state index in [0.717, 1.165) is 12.8 Å². The van der Waals surface area contributed by atoms with Crippen LogP contribution in [-0.2, 0) is 4.74 Å². The molecule has 1 nitrogen and oxygen atoms in total. The lowest BCUT2D eigenvalue weighted by molar-refractivity contribution is 0.155. The van der Waals surface area contributed by atoms with Crippen LogP contribution in [0.1, 0.15) is 19.8 Å². The highest BCUT2D eigenvalue weighted by Gasteiger charge is 1.95. The Morgan fingerprint density at radius 1 is 1.56 bits per heavy atom. The monoisotopic (exact) mass is 126 g/mol. The Morgan fingerprint density at radius 2 is 2.22 bits per heavy atom. The van der Waals surface area contributed by atoms with Gasteiger partial charge in [0.2, 0.25) is 0 Å². The lowest BCUT2D eigenvalue weighted by Crippen LogP contribution is -2.01. The summed E-state index contributed by atoms with van der Waals surface area (Å²) in [5.74, 6) is 0. The van der Waals surface area contributed by atoms with Crippen molar-refractivity contribution in [3.05, 3.63) is 25.5 Å². The Hall–Kier alpha value is -0.720. The molecule has 0 radical (unpaired) electrons. The molecule has 52 valence electrons. The third kappa shape index (κ3) is 5.15. The number of ether oxygens (including phenoxy) is 1.